The van der Waals surface area contributed by atoms with Gasteiger partial charge in [0.15, 0.2) is 11.7 Å². The van der Waals surface area contributed by atoms with E-state index in [4.69, 9.17) is 22.5 Å². The lowest BCUT2D eigenvalue weighted by Gasteiger charge is -2.09. The van der Waals surface area contributed by atoms with Crippen molar-refractivity contribution in [2.45, 2.75) is 6.54 Å². The van der Waals surface area contributed by atoms with Crippen LogP contribution in [0.1, 0.15) is 11.1 Å². The van der Waals surface area contributed by atoms with E-state index in [0.717, 1.165) is 5.56 Å². The van der Waals surface area contributed by atoms with E-state index >= 15 is 0 Å². The highest BCUT2D eigenvalue weighted by Gasteiger charge is 2.05. The maximum atomic E-state index is 13.7. The number of benzene rings is 2. The Labute approximate surface area is 120 Å². The Morgan fingerprint density at radius 3 is 2.60 bits per heavy atom. The summed E-state index contributed by atoms with van der Waals surface area (Å²) in [5.41, 5.74) is 7.36. The molecule has 0 amide bonds. The summed E-state index contributed by atoms with van der Waals surface area (Å²) >= 11 is 5.70. The van der Waals surface area contributed by atoms with Crippen LogP contribution in [0.25, 0.3) is 0 Å². The molecule has 2 rings (SSSR count). The number of hydrogen-bond donors (Lipinski definition) is 3. The van der Waals surface area contributed by atoms with Gasteiger partial charge in [-0.1, -0.05) is 47.1 Å². The second-order valence-electron chi connectivity index (χ2n) is 4.14. The second-order valence-corrected chi connectivity index (χ2v) is 4.54. The highest BCUT2D eigenvalue weighted by atomic mass is 35.5. The zero-order chi connectivity index (χ0) is 14.5. The Hall–Kier alpha value is -2.27. The van der Waals surface area contributed by atoms with Crippen LogP contribution >= 0.6 is 11.6 Å². The number of hydrogen-bond acceptors (Lipinski definition) is 3. The third-order valence-electron chi connectivity index (χ3n) is 2.79. The molecule has 0 saturated heterocycles. The Kier molecular flexibility index (Phi) is 4.42. The van der Waals surface area contributed by atoms with E-state index in [-0.39, 0.29) is 10.9 Å². The number of anilines is 1. The first-order chi connectivity index (χ1) is 9.61. The van der Waals surface area contributed by atoms with E-state index in [1.165, 1.54) is 6.07 Å². The Bertz CT molecular complexity index is 629. The van der Waals surface area contributed by atoms with Crippen LogP contribution in [0.3, 0.4) is 0 Å². The second kappa shape index (κ2) is 6.25. The van der Waals surface area contributed by atoms with Crippen molar-refractivity contribution in [3.05, 3.63) is 64.4 Å². The van der Waals surface area contributed by atoms with Gasteiger partial charge in [0.25, 0.3) is 0 Å². The van der Waals surface area contributed by atoms with Gasteiger partial charge in [0.2, 0.25) is 0 Å². The van der Waals surface area contributed by atoms with Gasteiger partial charge in [-0.3, -0.25) is 0 Å². The largest absolute Gasteiger partial charge is 0.409 e. The number of nitrogens with two attached hydrogens (primary N) is 1. The van der Waals surface area contributed by atoms with Crippen molar-refractivity contribution in [3.8, 4) is 0 Å². The molecule has 0 radical (unpaired) electrons. The summed E-state index contributed by atoms with van der Waals surface area (Å²) in [6, 6.07) is 11.8. The van der Waals surface area contributed by atoms with Gasteiger partial charge in [0.1, 0.15) is 0 Å². The van der Waals surface area contributed by atoms with Crippen molar-refractivity contribution < 1.29 is 9.60 Å². The smallest absolute Gasteiger partial charge is 0.170 e. The van der Waals surface area contributed by atoms with Gasteiger partial charge in [-0.2, -0.15) is 0 Å². The molecule has 4 nitrogen and oxygen atoms in total. The lowest BCUT2D eigenvalue weighted by Crippen LogP contribution is -2.13. The molecule has 0 atom stereocenters. The fourth-order valence-corrected chi connectivity index (χ4v) is 1.86. The van der Waals surface area contributed by atoms with Crippen molar-refractivity contribution in [1.82, 2.24) is 0 Å². The maximum Gasteiger partial charge on any atom is 0.170 e. The van der Waals surface area contributed by atoms with Gasteiger partial charge < -0.3 is 16.3 Å². The van der Waals surface area contributed by atoms with Crippen molar-refractivity contribution in [1.29, 1.82) is 0 Å². The summed E-state index contributed by atoms with van der Waals surface area (Å²) in [5.74, 6) is -0.423. The lowest BCUT2D eigenvalue weighted by atomic mass is 10.1. The van der Waals surface area contributed by atoms with E-state index in [2.05, 4.69) is 10.5 Å². The Morgan fingerprint density at radius 1 is 1.25 bits per heavy atom. The molecule has 0 aliphatic heterocycles. The summed E-state index contributed by atoms with van der Waals surface area (Å²) in [4.78, 5) is 0. The molecule has 0 fully saturated rings. The van der Waals surface area contributed by atoms with Crippen LogP contribution in [0.2, 0.25) is 5.02 Å². The molecule has 0 bridgehead atoms. The van der Waals surface area contributed by atoms with Crippen molar-refractivity contribution >= 4 is 23.1 Å². The normalized spacial score (nSPS) is 11.4. The van der Waals surface area contributed by atoms with Crippen LogP contribution in [0, 0.1) is 5.82 Å². The monoisotopic (exact) mass is 293 g/mol. The first-order valence-electron chi connectivity index (χ1n) is 5.86. The van der Waals surface area contributed by atoms with Gasteiger partial charge in [-0.05, 0) is 17.7 Å². The van der Waals surface area contributed by atoms with Crippen LogP contribution in [-0.4, -0.2) is 11.0 Å². The summed E-state index contributed by atoms with van der Waals surface area (Å²) < 4.78 is 13.7. The van der Waals surface area contributed by atoms with Gasteiger partial charge >= 0.3 is 0 Å². The molecule has 0 saturated carbocycles. The molecule has 0 heterocycles. The van der Waals surface area contributed by atoms with Crippen LogP contribution in [-0.2, 0) is 6.54 Å². The molecule has 2 aromatic carbocycles. The average Bonchev–Trinajstić information content (AvgIpc) is 2.48. The molecule has 4 N–H and O–H groups in total. The van der Waals surface area contributed by atoms with E-state index in [9.17, 15) is 4.39 Å². The first-order valence-corrected chi connectivity index (χ1v) is 6.24. The number of rotatable bonds is 4. The number of amidine groups is 1. The lowest BCUT2D eigenvalue weighted by molar-refractivity contribution is 0.318. The average molecular weight is 294 g/mol. The fraction of sp³-hybridized carbons (Fsp3) is 0.0714. The zero-order valence-corrected chi connectivity index (χ0v) is 11.2. The van der Waals surface area contributed by atoms with Gasteiger partial charge in [0, 0.05) is 12.1 Å². The van der Waals surface area contributed by atoms with E-state index in [0.29, 0.717) is 17.8 Å². The number of nitrogens with zero attached hydrogens (tertiary/aromatic N) is 1. The minimum absolute atomic E-state index is 0.0467. The molecule has 0 aliphatic rings. The summed E-state index contributed by atoms with van der Waals surface area (Å²) in [6.45, 7) is 0.438. The quantitative estimate of drug-likeness (QED) is 0.351. The molecular formula is C14H13ClFN3O. The molecule has 2 aromatic rings. The summed E-state index contributed by atoms with van der Waals surface area (Å²) in [7, 11) is 0. The van der Waals surface area contributed by atoms with Crippen LogP contribution in [0.15, 0.2) is 47.6 Å². The summed E-state index contributed by atoms with van der Waals surface area (Å²) in [6.07, 6.45) is 0. The van der Waals surface area contributed by atoms with E-state index < -0.39 is 5.82 Å². The van der Waals surface area contributed by atoms with E-state index in [1.807, 2.05) is 12.1 Å². The molecule has 0 aromatic heterocycles. The predicted octanol–water partition coefficient (Wildman–Crippen LogP) is 3.19. The van der Waals surface area contributed by atoms with Crippen LogP contribution < -0.4 is 11.1 Å². The maximum absolute atomic E-state index is 13.7. The Morgan fingerprint density at radius 2 is 1.95 bits per heavy atom. The minimum atomic E-state index is -0.470. The van der Waals surface area contributed by atoms with Gasteiger partial charge in [-0.25, -0.2) is 4.39 Å². The molecule has 20 heavy (non-hydrogen) atoms. The summed E-state index contributed by atoms with van der Waals surface area (Å²) in [5, 5.41) is 14.5. The number of halogens is 2. The molecule has 6 heteroatoms. The third kappa shape index (κ3) is 3.19. The van der Waals surface area contributed by atoms with Gasteiger partial charge in [-0.15, -0.1) is 0 Å². The Balaban J connectivity index is 2.06. The SMILES string of the molecule is NC(=NO)c1ccc(CNc2cccc(Cl)c2F)cc1. The number of nitrogens with one attached hydrogen (secondary N) is 1. The van der Waals surface area contributed by atoms with Crippen molar-refractivity contribution in [2.24, 2.45) is 10.9 Å². The zero-order valence-electron chi connectivity index (χ0n) is 10.5. The standard InChI is InChI=1S/C14H13ClFN3O/c15-11-2-1-3-12(13(11)16)18-8-9-4-6-10(7-5-9)14(17)19-20/h1-7,18,20H,8H2,(H2,17,19). The first kappa shape index (κ1) is 14.1. The van der Waals surface area contributed by atoms with Crippen molar-refractivity contribution in [3.63, 3.8) is 0 Å². The molecule has 0 unspecified atom stereocenters. The van der Waals surface area contributed by atoms with Crippen molar-refractivity contribution in [2.75, 3.05) is 5.32 Å². The predicted molar refractivity (Wildman–Crippen MR) is 77.7 cm³/mol. The molecule has 104 valence electrons. The van der Waals surface area contributed by atoms with Gasteiger partial charge in [0.05, 0.1) is 10.7 Å². The van der Waals surface area contributed by atoms with Crippen LogP contribution in [0.5, 0.6) is 0 Å². The minimum Gasteiger partial charge on any atom is -0.409 e. The molecular weight excluding hydrogens is 281 g/mol. The molecule has 0 aliphatic carbocycles. The fourth-order valence-electron chi connectivity index (χ4n) is 1.69. The highest BCUT2D eigenvalue weighted by molar-refractivity contribution is 6.31. The third-order valence-corrected chi connectivity index (χ3v) is 3.08. The molecule has 0 spiro atoms. The van der Waals surface area contributed by atoms with Crippen LogP contribution in [0.4, 0.5) is 10.1 Å². The van der Waals surface area contributed by atoms with E-state index in [1.54, 1.807) is 24.3 Å². The topological polar surface area (TPSA) is 70.6 Å². The number of oxime groups is 1. The highest BCUT2D eigenvalue weighted by Crippen LogP contribution is 2.22.